The molecule has 0 fully saturated rings. The van der Waals surface area contributed by atoms with E-state index in [0.717, 1.165) is 141 Å². The third-order valence-corrected chi connectivity index (χ3v) is 15.6. The maximum atomic E-state index is 12.9. The van der Waals surface area contributed by atoms with Crippen molar-refractivity contribution < 1.29 is 75.8 Å². The number of carbonyl (C=O) groups excluding carboxylic acids is 3. The van der Waals surface area contributed by atoms with E-state index in [1.165, 1.54) is 51.4 Å². The summed E-state index contributed by atoms with van der Waals surface area (Å²) >= 11 is 0. The third kappa shape index (κ3) is 65.3. The van der Waals surface area contributed by atoms with Crippen LogP contribution in [0.2, 0.25) is 0 Å². The van der Waals surface area contributed by atoms with Gasteiger partial charge in [-0.15, -0.1) is 0 Å². The van der Waals surface area contributed by atoms with Crippen molar-refractivity contribution in [3.05, 3.63) is 122 Å². The molecule has 0 aromatic heterocycles. The van der Waals surface area contributed by atoms with E-state index in [4.69, 9.17) is 32.3 Å². The molecule has 0 aliphatic rings. The Kier molecular flexibility index (Phi) is 61.2. The number of phosphoric ester groups is 2. The molecular formula is C71H120O16P2. The summed E-state index contributed by atoms with van der Waals surface area (Å²) in [6, 6.07) is 0. The molecular weight excluding hydrogens is 1170 g/mol. The maximum absolute atomic E-state index is 12.9. The van der Waals surface area contributed by atoms with Crippen molar-refractivity contribution in [2.75, 3.05) is 39.6 Å². The highest BCUT2D eigenvalue weighted by atomic mass is 31.2. The minimum absolute atomic E-state index is 0.0966. The number of carbonyl (C=O) groups is 3. The molecule has 0 spiro atoms. The molecule has 4 N–H and O–H groups in total. The second kappa shape index (κ2) is 64.1. The summed E-state index contributed by atoms with van der Waals surface area (Å²) in [4.78, 5) is 58.3. The first-order chi connectivity index (χ1) is 43.2. The SMILES string of the molecule is CC/C=C\C/C=C\C/C=C\C/C=C\C/C=C\CCCCCCCC(=O)OCC(O)COP(=O)(O)OCC(O)COP(=O)(O)OCC(COC(=O)CCCCC/C=C\C/C=C\C/C=C\C/C=C\C/C=C\CC)OC(=O)CCCCCCCCCCCCCCC. The Labute approximate surface area is 538 Å². The number of esters is 3. The standard InChI is InChI=1S/C71H120O16P2/c1-4-7-10-13-16-19-22-25-27-29-31-32-34-36-37-40-42-45-48-51-54-57-69(74)81-60-66(72)61-83-88(77,78)84-62-67(73)63-85-89(79,80)86-65-68(87-71(76)59-56-53-50-47-44-39-24-21-18-15-12-9-6-3)64-82-70(75)58-55-52-49-46-43-41-38-35-33-30-28-26-23-20-17-14-11-8-5-2/h7-8,10-11,16-17,19-20,25-28,31-33,35-37,41,43,66-68,72-73H,4-6,9,12-15,18,21-24,29-30,34,38-40,42,44-65H2,1-3H3,(H,77,78)(H,79,80)/b10-7-,11-8-,19-16-,20-17-,27-25-,28-26-,32-31-,35-33-,37-36-,43-41-. The number of unbranched alkanes of at least 4 members (excludes halogenated alkanes) is 20. The molecule has 0 bridgehead atoms. The lowest BCUT2D eigenvalue weighted by molar-refractivity contribution is -0.161. The van der Waals surface area contributed by atoms with Gasteiger partial charge >= 0.3 is 33.6 Å². The van der Waals surface area contributed by atoms with E-state index in [1.54, 1.807) is 0 Å². The molecule has 89 heavy (non-hydrogen) atoms. The van der Waals surface area contributed by atoms with Gasteiger partial charge in [0.25, 0.3) is 0 Å². The second-order valence-electron chi connectivity index (χ2n) is 22.2. The van der Waals surface area contributed by atoms with Crippen molar-refractivity contribution in [1.82, 2.24) is 0 Å². The summed E-state index contributed by atoms with van der Waals surface area (Å²) < 4.78 is 60.8. The number of aliphatic hydroxyl groups is 2. The largest absolute Gasteiger partial charge is 0.472 e. The van der Waals surface area contributed by atoms with Gasteiger partial charge in [0.1, 0.15) is 25.4 Å². The Morgan fingerprint density at radius 3 is 0.955 bits per heavy atom. The number of phosphoric acid groups is 2. The predicted molar refractivity (Wildman–Crippen MR) is 362 cm³/mol. The molecule has 16 nitrogen and oxygen atoms in total. The monoisotopic (exact) mass is 1290 g/mol. The molecule has 5 atom stereocenters. The molecule has 510 valence electrons. The van der Waals surface area contributed by atoms with Gasteiger partial charge < -0.3 is 34.2 Å². The minimum atomic E-state index is -4.93. The quantitative estimate of drug-likeness (QED) is 0.0146. The number of rotatable bonds is 63. The fourth-order valence-electron chi connectivity index (χ4n) is 8.56. The second-order valence-corrected chi connectivity index (χ2v) is 25.1. The van der Waals surface area contributed by atoms with Crippen LogP contribution in [0.3, 0.4) is 0 Å². The lowest BCUT2D eigenvalue weighted by Gasteiger charge is -2.21. The molecule has 0 aliphatic carbocycles. The molecule has 0 rings (SSSR count). The average molecular weight is 1290 g/mol. The summed E-state index contributed by atoms with van der Waals surface area (Å²) in [6.45, 7) is 2.37. The van der Waals surface area contributed by atoms with E-state index in [1.807, 2.05) is 0 Å². The molecule has 0 radical (unpaired) electrons. The molecule has 0 amide bonds. The summed E-state index contributed by atoms with van der Waals surface area (Å²) in [5.74, 6) is -1.63. The van der Waals surface area contributed by atoms with Crippen molar-refractivity contribution >= 4 is 33.6 Å². The first-order valence-electron chi connectivity index (χ1n) is 33.8. The Balaban J connectivity index is 4.68. The highest BCUT2D eigenvalue weighted by Gasteiger charge is 2.29. The van der Waals surface area contributed by atoms with Crippen LogP contribution in [0.4, 0.5) is 0 Å². The molecule has 18 heteroatoms. The van der Waals surface area contributed by atoms with Gasteiger partial charge in [-0.1, -0.05) is 245 Å². The van der Waals surface area contributed by atoms with E-state index >= 15 is 0 Å². The van der Waals surface area contributed by atoms with Gasteiger partial charge in [-0.05, 0) is 109 Å². The van der Waals surface area contributed by atoms with Crippen LogP contribution in [0.15, 0.2) is 122 Å². The fourth-order valence-corrected chi connectivity index (χ4v) is 10.1. The summed E-state index contributed by atoms with van der Waals surface area (Å²) in [5.41, 5.74) is 0. The first-order valence-corrected chi connectivity index (χ1v) is 36.8. The van der Waals surface area contributed by atoms with E-state index in [9.17, 15) is 43.5 Å². The van der Waals surface area contributed by atoms with Gasteiger partial charge in [0.05, 0.1) is 26.4 Å². The highest BCUT2D eigenvalue weighted by molar-refractivity contribution is 7.47. The molecule has 0 heterocycles. The number of hydrogen-bond acceptors (Lipinski definition) is 14. The third-order valence-electron chi connectivity index (χ3n) is 13.7. The topological polar surface area (TPSA) is 231 Å². The Morgan fingerprint density at radius 2 is 0.596 bits per heavy atom. The Hall–Kier alpha value is -4.05. The van der Waals surface area contributed by atoms with Crippen molar-refractivity contribution in [1.29, 1.82) is 0 Å². The fraction of sp³-hybridized carbons (Fsp3) is 0.676. The van der Waals surface area contributed by atoms with Crippen LogP contribution in [-0.4, -0.2) is 95.9 Å². The number of aliphatic hydroxyl groups excluding tert-OH is 2. The zero-order valence-corrected chi connectivity index (χ0v) is 56.8. The van der Waals surface area contributed by atoms with Crippen LogP contribution in [-0.2, 0) is 55.8 Å². The van der Waals surface area contributed by atoms with Gasteiger partial charge in [-0.2, -0.15) is 0 Å². The lowest BCUT2D eigenvalue weighted by Crippen LogP contribution is -2.30. The van der Waals surface area contributed by atoms with Gasteiger partial charge in [-0.3, -0.25) is 32.5 Å². The van der Waals surface area contributed by atoms with Crippen molar-refractivity contribution in [3.63, 3.8) is 0 Å². The Bertz CT molecular complexity index is 2110. The molecule has 5 unspecified atom stereocenters. The van der Waals surface area contributed by atoms with E-state index in [0.29, 0.717) is 19.3 Å². The zero-order chi connectivity index (χ0) is 65.3. The average Bonchev–Trinajstić information content (AvgIpc) is 3.55. The summed E-state index contributed by atoms with van der Waals surface area (Å²) in [7, 11) is -9.79. The van der Waals surface area contributed by atoms with E-state index in [2.05, 4.69) is 142 Å². The normalized spacial score (nSPS) is 15.0. The number of hydrogen-bond donors (Lipinski definition) is 4. The van der Waals surface area contributed by atoms with Crippen LogP contribution in [0.25, 0.3) is 0 Å². The molecule has 0 saturated carbocycles. The van der Waals surface area contributed by atoms with Gasteiger partial charge in [0.2, 0.25) is 0 Å². The van der Waals surface area contributed by atoms with Crippen LogP contribution >= 0.6 is 15.6 Å². The van der Waals surface area contributed by atoms with Crippen molar-refractivity contribution in [2.24, 2.45) is 0 Å². The Morgan fingerprint density at radius 1 is 0.326 bits per heavy atom. The lowest BCUT2D eigenvalue weighted by atomic mass is 10.0. The number of ether oxygens (including phenoxy) is 3. The summed E-state index contributed by atoms with van der Waals surface area (Å²) in [5, 5.41) is 20.5. The van der Waals surface area contributed by atoms with Gasteiger partial charge in [-0.25, -0.2) is 9.13 Å². The smallest absolute Gasteiger partial charge is 0.463 e. The van der Waals surface area contributed by atoms with Crippen LogP contribution < -0.4 is 0 Å². The van der Waals surface area contributed by atoms with Crippen LogP contribution in [0, 0.1) is 0 Å². The molecule has 0 aliphatic heterocycles. The highest BCUT2D eigenvalue weighted by Crippen LogP contribution is 2.45. The molecule has 0 aromatic rings. The van der Waals surface area contributed by atoms with Crippen molar-refractivity contribution in [2.45, 2.75) is 270 Å². The van der Waals surface area contributed by atoms with E-state index < -0.39 is 91.5 Å². The molecule has 0 saturated heterocycles. The first kappa shape index (κ1) is 85.0. The molecule has 0 aromatic carbocycles. The summed E-state index contributed by atoms with van der Waals surface area (Å²) in [6.07, 6.45) is 72.5. The van der Waals surface area contributed by atoms with Crippen LogP contribution in [0.5, 0.6) is 0 Å². The van der Waals surface area contributed by atoms with Crippen molar-refractivity contribution in [3.8, 4) is 0 Å². The van der Waals surface area contributed by atoms with Gasteiger partial charge in [0, 0.05) is 19.3 Å². The van der Waals surface area contributed by atoms with Gasteiger partial charge in [0.15, 0.2) is 6.10 Å². The minimum Gasteiger partial charge on any atom is -0.463 e. The predicted octanol–water partition coefficient (Wildman–Crippen LogP) is 18.6. The maximum Gasteiger partial charge on any atom is 0.472 e. The number of allylic oxidation sites excluding steroid dienone is 20. The zero-order valence-electron chi connectivity index (χ0n) is 55.1. The van der Waals surface area contributed by atoms with E-state index in [-0.39, 0.29) is 19.3 Å². The van der Waals surface area contributed by atoms with Crippen LogP contribution in [0.1, 0.15) is 252 Å².